The van der Waals surface area contributed by atoms with Crippen molar-refractivity contribution in [2.45, 2.75) is 58.5 Å². The number of aliphatic imine (C=N–C) groups is 1. The summed E-state index contributed by atoms with van der Waals surface area (Å²) < 4.78 is 5.72. The second kappa shape index (κ2) is 8.88. The van der Waals surface area contributed by atoms with Crippen LogP contribution >= 0.6 is 0 Å². The summed E-state index contributed by atoms with van der Waals surface area (Å²) in [6, 6.07) is 0. The van der Waals surface area contributed by atoms with Crippen molar-refractivity contribution in [1.29, 1.82) is 0 Å². The van der Waals surface area contributed by atoms with Gasteiger partial charge >= 0.3 is 0 Å². The van der Waals surface area contributed by atoms with Gasteiger partial charge in [0, 0.05) is 32.2 Å². The maximum absolute atomic E-state index is 10.3. The Hall–Kier alpha value is -0.810. The van der Waals surface area contributed by atoms with Crippen LogP contribution in [0.2, 0.25) is 0 Å². The second-order valence-corrected chi connectivity index (χ2v) is 7.53. The number of ether oxygens (including phenoxy) is 1. The molecule has 0 heterocycles. The molecule has 2 N–H and O–H groups in total. The zero-order valence-corrected chi connectivity index (χ0v) is 15.2. The van der Waals surface area contributed by atoms with Crippen LogP contribution in [0.3, 0.4) is 0 Å². The van der Waals surface area contributed by atoms with Gasteiger partial charge in [-0.3, -0.25) is 4.99 Å². The topological polar surface area (TPSA) is 57.1 Å². The van der Waals surface area contributed by atoms with E-state index in [-0.39, 0.29) is 11.5 Å². The molecule has 0 radical (unpaired) electrons. The highest BCUT2D eigenvalue weighted by atomic mass is 16.5. The first-order valence-electron chi connectivity index (χ1n) is 9.30. The number of likely N-dealkylation sites (N-methyl/N-ethyl adjacent to an activating group) is 1. The molecule has 0 saturated heterocycles. The molecule has 2 aliphatic rings. The summed E-state index contributed by atoms with van der Waals surface area (Å²) in [5, 5.41) is 13.7. The van der Waals surface area contributed by atoms with Crippen LogP contribution in [-0.4, -0.2) is 62.0 Å². The monoisotopic (exact) mass is 325 g/mol. The molecule has 0 bridgehead atoms. The van der Waals surface area contributed by atoms with Crippen LogP contribution < -0.4 is 5.32 Å². The molecule has 23 heavy (non-hydrogen) atoms. The van der Waals surface area contributed by atoms with Crippen molar-refractivity contribution >= 4 is 5.96 Å². The summed E-state index contributed by atoms with van der Waals surface area (Å²) in [4.78, 5) is 6.94. The van der Waals surface area contributed by atoms with Gasteiger partial charge in [-0.05, 0) is 38.5 Å². The zero-order valence-electron chi connectivity index (χ0n) is 15.2. The highest BCUT2D eigenvalue weighted by Crippen LogP contribution is 2.36. The zero-order chi connectivity index (χ0) is 16.7. The Morgan fingerprint density at radius 2 is 2.13 bits per heavy atom. The van der Waals surface area contributed by atoms with Crippen LogP contribution in [0.25, 0.3) is 0 Å². The predicted molar refractivity (Wildman–Crippen MR) is 94.7 cm³/mol. The van der Waals surface area contributed by atoms with Crippen molar-refractivity contribution in [2.75, 3.05) is 39.9 Å². The number of aliphatic hydroxyl groups is 1. The minimum absolute atomic E-state index is 0.0811. The Labute approximate surface area is 141 Å². The van der Waals surface area contributed by atoms with Gasteiger partial charge in [0.1, 0.15) is 0 Å². The van der Waals surface area contributed by atoms with E-state index in [0.29, 0.717) is 6.54 Å². The van der Waals surface area contributed by atoms with E-state index < -0.39 is 0 Å². The Kier molecular flexibility index (Phi) is 7.15. The number of rotatable bonds is 8. The molecule has 2 saturated carbocycles. The van der Waals surface area contributed by atoms with Gasteiger partial charge in [-0.2, -0.15) is 0 Å². The Morgan fingerprint density at radius 1 is 1.35 bits per heavy atom. The minimum Gasteiger partial charge on any atom is -0.392 e. The maximum atomic E-state index is 10.3. The van der Waals surface area contributed by atoms with Crippen LogP contribution in [0.4, 0.5) is 0 Å². The lowest BCUT2D eigenvalue weighted by Crippen LogP contribution is -2.43. The highest BCUT2D eigenvalue weighted by Gasteiger charge is 2.35. The van der Waals surface area contributed by atoms with Crippen molar-refractivity contribution in [3.05, 3.63) is 0 Å². The van der Waals surface area contributed by atoms with Crippen LogP contribution in [0.15, 0.2) is 4.99 Å². The Bertz CT molecular complexity index is 384. The molecule has 2 aliphatic carbocycles. The molecule has 0 spiro atoms. The number of hydrogen-bond acceptors (Lipinski definition) is 3. The molecule has 2 unspecified atom stereocenters. The summed E-state index contributed by atoms with van der Waals surface area (Å²) in [5.41, 5.74) is -0.0811. The fraction of sp³-hybridized carbons (Fsp3) is 0.944. The molecule has 134 valence electrons. The first-order valence-corrected chi connectivity index (χ1v) is 9.30. The average molecular weight is 325 g/mol. The van der Waals surface area contributed by atoms with E-state index in [2.05, 4.69) is 31.1 Å². The van der Waals surface area contributed by atoms with Gasteiger partial charge in [0.25, 0.3) is 0 Å². The fourth-order valence-electron chi connectivity index (χ4n) is 3.13. The normalized spacial score (nSPS) is 28.7. The lowest BCUT2D eigenvalue weighted by atomic mass is 9.73. The van der Waals surface area contributed by atoms with Gasteiger partial charge in [0.05, 0.1) is 19.3 Å². The minimum atomic E-state index is -0.227. The first-order chi connectivity index (χ1) is 11.0. The summed E-state index contributed by atoms with van der Waals surface area (Å²) in [6.45, 7) is 8.29. The molecule has 0 aromatic heterocycles. The van der Waals surface area contributed by atoms with E-state index >= 15 is 0 Å². The summed E-state index contributed by atoms with van der Waals surface area (Å²) in [6.07, 6.45) is 6.75. The lowest BCUT2D eigenvalue weighted by molar-refractivity contribution is 0.00703. The molecule has 0 amide bonds. The quantitative estimate of drug-likeness (QED) is 0.408. The predicted octanol–water partition coefficient (Wildman–Crippen LogP) is 2.25. The number of aliphatic hydroxyl groups excluding tert-OH is 1. The third-order valence-electron chi connectivity index (χ3n) is 5.19. The molecule has 0 aromatic rings. The molecule has 0 aliphatic heterocycles. The van der Waals surface area contributed by atoms with E-state index in [1.807, 2.05) is 0 Å². The number of nitrogens with one attached hydrogen (secondary N) is 1. The van der Waals surface area contributed by atoms with Crippen molar-refractivity contribution in [3.8, 4) is 0 Å². The van der Waals surface area contributed by atoms with Gasteiger partial charge in [-0.1, -0.05) is 19.8 Å². The largest absolute Gasteiger partial charge is 0.392 e. The molecule has 2 fully saturated rings. The fourth-order valence-corrected chi connectivity index (χ4v) is 3.13. The van der Waals surface area contributed by atoms with E-state index in [1.165, 1.54) is 19.3 Å². The standard InChI is InChI=1S/C18H35N3O2/c1-4-19-17(21(3)11-12-23-13-15-8-9-15)20-14-18(2)10-6-5-7-16(18)22/h15-16,22H,4-14H2,1-3H3,(H,19,20). The molecule has 2 rings (SSSR count). The van der Waals surface area contributed by atoms with Gasteiger partial charge in [0.15, 0.2) is 5.96 Å². The smallest absolute Gasteiger partial charge is 0.193 e. The van der Waals surface area contributed by atoms with Crippen molar-refractivity contribution in [2.24, 2.45) is 16.3 Å². The van der Waals surface area contributed by atoms with E-state index in [1.54, 1.807) is 0 Å². The van der Waals surface area contributed by atoms with Crippen LogP contribution in [0.5, 0.6) is 0 Å². The molecule has 0 aromatic carbocycles. The molecule has 5 nitrogen and oxygen atoms in total. The second-order valence-electron chi connectivity index (χ2n) is 7.53. The highest BCUT2D eigenvalue weighted by molar-refractivity contribution is 5.79. The lowest BCUT2D eigenvalue weighted by Gasteiger charge is -2.37. The van der Waals surface area contributed by atoms with Crippen molar-refractivity contribution < 1.29 is 9.84 Å². The van der Waals surface area contributed by atoms with Gasteiger partial charge in [-0.15, -0.1) is 0 Å². The summed E-state index contributed by atoms with van der Waals surface area (Å²) >= 11 is 0. The first kappa shape index (κ1) is 18.5. The maximum Gasteiger partial charge on any atom is 0.193 e. The van der Waals surface area contributed by atoms with Crippen LogP contribution in [-0.2, 0) is 4.74 Å². The molecular weight excluding hydrogens is 290 g/mol. The molecule has 5 heteroatoms. The van der Waals surface area contributed by atoms with Crippen LogP contribution in [0, 0.1) is 11.3 Å². The van der Waals surface area contributed by atoms with E-state index in [0.717, 1.165) is 57.4 Å². The number of nitrogens with zero attached hydrogens (tertiary/aromatic N) is 2. The Balaban J connectivity index is 1.81. The summed E-state index contributed by atoms with van der Waals surface area (Å²) in [5.74, 6) is 1.73. The van der Waals surface area contributed by atoms with Crippen molar-refractivity contribution in [1.82, 2.24) is 10.2 Å². The summed E-state index contributed by atoms with van der Waals surface area (Å²) in [7, 11) is 2.06. The van der Waals surface area contributed by atoms with Crippen molar-refractivity contribution in [3.63, 3.8) is 0 Å². The van der Waals surface area contributed by atoms with Gasteiger partial charge in [-0.25, -0.2) is 0 Å². The molecular formula is C18H35N3O2. The average Bonchev–Trinajstić information content (AvgIpc) is 3.35. The van der Waals surface area contributed by atoms with E-state index in [4.69, 9.17) is 9.73 Å². The van der Waals surface area contributed by atoms with Gasteiger partial charge in [0.2, 0.25) is 0 Å². The number of hydrogen-bond donors (Lipinski definition) is 2. The third kappa shape index (κ3) is 5.96. The van der Waals surface area contributed by atoms with Crippen LogP contribution in [0.1, 0.15) is 52.4 Å². The Morgan fingerprint density at radius 3 is 2.78 bits per heavy atom. The SMILES string of the molecule is CCNC(=NCC1(C)CCCCC1O)N(C)CCOCC1CC1. The van der Waals surface area contributed by atoms with Gasteiger partial charge < -0.3 is 20.1 Å². The third-order valence-corrected chi connectivity index (χ3v) is 5.19. The molecule has 2 atom stereocenters. The number of guanidine groups is 1. The van der Waals surface area contributed by atoms with E-state index in [9.17, 15) is 5.11 Å².